The summed E-state index contributed by atoms with van der Waals surface area (Å²) in [5.41, 5.74) is 5.22. The molecule has 0 atom stereocenters. The molecule has 2 saturated carbocycles. The van der Waals surface area contributed by atoms with E-state index in [-0.39, 0.29) is 10.8 Å². The van der Waals surface area contributed by atoms with Gasteiger partial charge in [-0.2, -0.15) is 5.10 Å². The van der Waals surface area contributed by atoms with Crippen LogP contribution in [-0.2, 0) is 11.8 Å². The molecule has 5 rings (SSSR count). The number of nitrogens with zero attached hydrogens (tertiary/aromatic N) is 2. The maximum atomic E-state index is 13.8. The van der Waals surface area contributed by atoms with Gasteiger partial charge in [-0.1, -0.05) is 69.7 Å². The van der Waals surface area contributed by atoms with Crippen LogP contribution in [0.25, 0.3) is 11.3 Å². The van der Waals surface area contributed by atoms with Crippen LogP contribution in [0.5, 0.6) is 0 Å². The first-order valence-corrected chi connectivity index (χ1v) is 12.6. The van der Waals surface area contributed by atoms with Gasteiger partial charge in [-0.15, -0.1) is 11.8 Å². The van der Waals surface area contributed by atoms with E-state index in [1.807, 2.05) is 0 Å². The molecule has 1 aromatic heterocycles. The highest BCUT2D eigenvalue weighted by Gasteiger charge is 2.44. The first kappa shape index (κ1) is 19.4. The van der Waals surface area contributed by atoms with Crippen LogP contribution in [0.4, 0.5) is 0 Å². The predicted molar refractivity (Wildman–Crippen MR) is 121 cm³/mol. The van der Waals surface area contributed by atoms with Crippen LogP contribution in [0.2, 0.25) is 0 Å². The second kappa shape index (κ2) is 7.94. The summed E-state index contributed by atoms with van der Waals surface area (Å²) >= 11 is 1.64. The van der Waals surface area contributed by atoms with E-state index in [0.29, 0.717) is 6.04 Å². The molecule has 0 saturated heterocycles. The fourth-order valence-corrected chi connectivity index (χ4v) is 6.76. The molecule has 1 spiro atoms. The normalized spacial score (nSPS) is 21.0. The topological polar surface area (TPSA) is 34.9 Å². The Morgan fingerprint density at radius 3 is 2.55 bits per heavy atom. The minimum absolute atomic E-state index is 0.0153. The summed E-state index contributed by atoms with van der Waals surface area (Å²) in [6, 6.07) is 9.25. The van der Waals surface area contributed by atoms with Crippen molar-refractivity contribution in [3.05, 3.63) is 45.6 Å². The first-order chi connectivity index (χ1) is 14.2. The summed E-state index contributed by atoms with van der Waals surface area (Å²) in [7, 11) is 0. The standard InChI is InChI=1S/C25H32N2OS/c1-2-29-24-23(28)21-22(27(26-24)19-12-5-3-6-13-19)20-14-8-7-11-18(20)17-25(21)15-9-4-10-16-25/h7-8,11,14,19H,2-6,9-10,12-13,15-17H2,1H3. The van der Waals surface area contributed by atoms with Gasteiger partial charge in [0, 0.05) is 16.5 Å². The van der Waals surface area contributed by atoms with Gasteiger partial charge >= 0.3 is 0 Å². The Labute approximate surface area is 178 Å². The van der Waals surface area contributed by atoms with E-state index in [1.54, 1.807) is 11.8 Å². The number of thioether (sulfide) groups is 1. The third kappa shape index (κ3) is 3.28. The molecule has 0 aliphatic heterocycles. The molecule has 29 heavy (non-hydrogen) atoms. The minimum Gasteiger partial charge on any atom is -0.286 e. The van der Waals surface area contributed by atoms with Crippen molar-refractivity contribution in [2.24, 2.45) is 0 Å². The van der Waals surface area contributed by atoms with E-state index in [9.17, 15) is 4.79 Å². The van der Waals surface area contributed by atoms with Crippen molar-refractivity contribution < 1.29 is 0 Å². The summed E-state index contributed by atoms with van der Waals surface area (Å²) in [4.78, 5) is 13.8. The Balaban J connectivity index is 1.81. The molecule has 1 aromatic carbocycles. The average Bonchev–Trinajstić information content (AvgIpc) is 2.76. The van der Waals surface area contributed by atoms with Crippen molar-refractivity contribution in [1.29, 1.82) is 0 Å². The highest BCUT2D eigenvalue weighted by Crippen LogP contribution is 2.50. The van der Waals surface area contributed by atoms with E-state index < -0.39 is 0 Å². The van der Waals surface area contributed by atoms with Crippen molar-refractivity contribution >= 4 is 11.8 Å². The number of hydrogen-bond acceptors (Lipinski definition) is 3. The molecule has 2 fully saturated rings. The molecule has 0 N–H and O–H groups in total. The molecule has 2 aromatic rings. The van der Waals surface area contributed by atoms with Crippen LogP contribution >= 0.6 is 11.8 Å². The van der Waals surface area contributed by atoms with Gasteiger partial charge in [0.2, 0.25) is 5.43 Å². The number of benzene rings is 1. The van der Waals surface area contributed by atoms with Crippen molar-refractivity contribution in [3.8, 4) is 11.3 Å². The average molecular weight is 409 g/mol. The molecular formula is C25H32N2OS. The Hall–Kier alpha value is -1.55. The summed E-state index contributed by atoms with van der Waals surface area (Å²) in [5.74, 6) is 0.898. The SMILES string of the molecule is CCSc1nn(C2CCCCC2)c2c(c1=O)C1(CCCCC1)Cc1ccccc1-2. The molecule has 0 bridgehead atoms. The fraction of sp³-hybridized carbons (Fsp3) is 0.600. The van der Waals surface area contributed by atoms with Gasteiger partial charge in [0.1, 0.15) is 0 Å². The Morgan fingerprint density at radius 1 is 1.07 bits per heavy atom. The number of fused-ring (bicyclic) bond motifs is 4. The van der Waals surface area contributed by atoms with Crippen molar-refractivity contribution in [3.63, 3.8) is 0 Å². The van der Waals surface area contributed by atoms with Crippen LogP contribution in [-0.4, -0.2) is 15.5 Å². The fourth-order valence-electron chi connectivity index (χ4n) is 6.11. The number of aromatic nitrogens is 2. The number of hydrogen-bond donors (Lipinski definition) is 0. The largest absolute Gasteiger partial charge is 0.286 e. The minimum atomic E-state index is 0.0153. The smallest absolute Gasteiger partial charge is 0.218 e. The van der Waals surface area contributed by atoms with E-state index >= 15 is 0 Å². The maximum absolute atomic E-state index is 13.8. The molecule has 1 heterocycles. The van der Waals surface area contributed by atoms with Crippen LogP contribution in [0.15, 0.2) is 34.1 Å². The van der Waals surface area contributed by atoms with Crippen molar-refractivity contribution in [1.82, 2.24) is 9.78 Å². The maximum Gasteiger partial charge on any atom is 0.218 e. The van der Waals surface area contributed by atoms with E-state index in [2.05, 4.69) is 35.9 Å². The highest BCUT2D eigenvalue weighted by molar-refractivity contribution is 7.99. The van der Waals surface area contributed by atoms with Gasteiger partial charge in [-0.05, 0) is 43.4 Å². The molecule has 0 unspecified atom stereocenters. The van der Waals surface area contributed by atoms with Gasteiger partial charge in [0.15, 0.2) is 5.03 Å². The molecule has 4 heteroatoms. The lowest BCUT2D eigenvalue weighted by Crippen LogP contribution is -2.42. The van der Waals surface area contributed by atoms with Crippen LogP contribution in [0, 0.1) is 0 Å². The van der Waals surface area contributed by atoms with Crippen LogP contribution < -0.4 is 5.43 Å². The molecule has 154 valence electrons. The van der Waals surface area contributed by atoms with E-state index in [1.165, 1.54) is 68.2 Å². The molecule has 0 radical (unpaired) electrons. The molecule has 3 aliphatic rings. The summed E-state index contributed by atoms with van der Waals surface area (Å²) in [5, 5.41) is 5.78. The van der Waals surface area contributed by atoms with Crippen LogP contribution in [0.1, 0.15) is 88.3 Å². The monoisotopic (exact) mass is 408 g/mol. The van der Waals surface area contributed by atoms with Gasteiger partial charge in [-0.3, -0.25) is 9.48 Å². The van der Waals surface area contributed by atoms with Crippen molar-refractivity contribution in [2.75, 3.05) is 5.75 Å². The second-order valence-electron chi connectivity index (χ2n) is 9.20. The first-order valence-electron chi connectivity index (χ1n) is 11.6. The Bertz CT molecular complexity index is 952. The lowest BCUT2D eigenvalue weighted by molar-refractivity contribution is 0.273. The zero-order valence-electron chi connectivity index (χ0n) is 17.6. The summed E-state index contributed by atoms with van der Waals surface area (Å²) in [6.07, 6.45) is 13.4. The second-order valence-corrected chi connectivity index (χ2v) is 10.5. The molecule has 0 amide bonds. The molecule has 3 nitrogen and oxygen atoms in total. The van der Waals surface area contributed by atoms with Gasteiger partial charge < -0.3 is 0 Å². The highest BCUT2D eigenvalue weighted by atomic mass is 32.2. The molecule has 3 aliphatic carbocycles. The van der Waals surface area contributed by atoms with E-state index in [4.69, 9.17) is 5.10 Å². The predicted octanol–water partition coefficient (Wildman–Crippen LogP) is 6.29. The summed E-state index contributed by atoms with van der Waals surface area (Å²) < 4.78 is 2.32. The summed E-state index contributed by atoms with van der Waals surface area (Å²) in [6.45, 7) is 2.13. The van der Waals surface area contributed by atoms with E-state index in [0.717, 1.165) is 35.6 Å². The lowest BCUT2D eigenvalue weighted by atomic mass is 9.62. The zero-order chi connectivity index (χ0) is 19.8. The quantitative estimate of drug-likeness (QED) is 0.560. The Morgan fingerprint density at radius 2 is 1.79 bits per heavy atom. The van der Waals surface area contributed by atoms with Crippen LogP contribution in [0.3, 0.4) is 0 Å². The van der Waals surface area contributed by atoms with Gasteiger partial charge in [-0.25, -0.2) is 0 Å². The Kier molecular flexibility index (Phi) is 5.32. The van der Waals surface area contributed by atoms with Gasteiger partial charge in [0.05, 0.1) is 11.7 Å². The zero-order valence-corrected chi connectivity index (χ0v) is 18.4. The lowest BCUT2D eigenvalue weighted by Gasteiger charge is -2.43. The third-order valence-electron chi connectivity index (χ3n) is 7.43. The van der Waals surface area contributed by atoms with Gasteiger partial charge in [0.25, 0.3) is 0 Å². The number of rotatable bonds is 3. The van der Waals surface area contributed by atoms with Crippen molar-refractivity contribution in [2.45, 2.75) is 94.0 Å². The molecular weight excluding hydrogens is 376 g/mol. The third-order valence-corrected chi connectivity index (χ3v) is 8.26.